The van der Waals surface area contributed by atoms with Crippen LogP contribution in [0.5, 0.6) is 0 Å². The maximum absolute atomic E-state index is 12.7. The number of amides is 1. The number of hydrogen-bond donors (Lipinski definition) is 2. The Morgan fingerprint density at radius 3 is 2.88 bits per heavy atom. The zero-order valence-electron chi connectivity index (χ0n) is 17.2. The molecule has 3 heterocycles. The molecule has 10 heteroatoms. The van der Waals surface area contributed by atoms with Crippen LogP contribution >= 0.6 is 23.6 Å². The van der Waals surface area contributed by atoms with Crippen LogP contribution in [0.25, 0.3) is 21.1 Å². The highest BCUT2D eigenvalue weighted by molar-refractivity contribution is 7.71. The number of H-pyrrole nitrogens is 1. The molecule has 2 N–H and O–H groups in total. The van der Waals surface area contributed by atoms with E-state index in [4.69, 9.17) is 21.9 Å². The third-order valence-electron chi connectivity index (χ3n) is 5.39. The first kappa shape index (κ1) is 20.8. The second-order valence-corrected chi connectivity index (χ2v) is 8.90. The summed E-state index contributed by atoms with van der Waals surface area (Å²) in [4.78, 5) is 35.3. The molecule has 4 aromatic rings. The highest BCUT2D eigenvalue weighted by Crippen LogP contribution is 2.31. The quantitative estimate of drug-likeness (QED) is 0.436. The highest BCUT2D eigenvalue weighted by atomic mass is 32.1. The number of benzene rings is 2. The molecule has 8 nitrogen and oxygen atoms in total. The van der Waals surface area contributed by atoms with Crippen molar-refractivity contribution in [1.82, 2.24) is 14.5 Å². The van der Waals surface area contributed by atoms with Crippen molar-refractivity contribution in [1.29, 1.82) is 0 Å². The second kappa shape index (κ2) is 8.81. The lowest BCUT2D eigenvalue weighted by Gasteiger charge is -2.25. The number of fused-ring (bicyclic) bond motifs is 2. The Morgan fingerprint density at radius 2 is 2.03 bits per heavy atom. The zero-order chi connectivity index (χ0) is 22.1. The van der Waals surface area contributed by atoms with Crippen LogP contribution in [-0.4, -0.2) is 46.7 Å². The topological polar surface area (TPSA) is 92.2 Å². The van der Waals surface area contributed by atoms with Gasteiger partial charge < -0.3 is 19.9 Å². The van der Waals surface area contributed by atoms with Crippen molar-refractivity contribution in [2.45, 2.75) is 13.0 Å². The van der Waals surface area contributed by atoms with Crippen molar-refractivity contribution in [3.05, 3.63) is 57.6 Å². The lowest BCUT2D eigenvalue weighted by molar-refractivity contribution is -0.116. The number of aromatic nitrogens is 3. The molecule has 0 aliphatic carbocycles. The summed E-state index contributed by atoms with van der Waals surface area (Å²) in [5.74, 6) is -0.184. The smallest absolute Gasteiger partial charge is 0.262 e. The number of thiazole rings is 1. The minimum Gasteiger partial charge on any atom is -0.378 e. The van der Waals surface area contributed by atoms with Crippen LogP contribution < -0.4 is 15.8 Å². The predicted octanol–water partition coefficient (Wildman–Crippen LogP) is 3.53. The molecule has 2 aromatic carbocycles. The Labute approximate surface area is 192 Å². The molecular weight excluding hydrogens is 446 g/mol. The summed E-state index contributed by atoms with van der Waals surface area (Å²) < 4.78 is 8.16. The average Bonchev–Trinajstić information content (AvgIpc) is 3.23. The van der Waals surface area contributed by atoms with Gasteiger partial charge in [0.15, 0.2) is 9.90 Å². The Morgan fingerprint density at radius 1 is 1.22 bits per heavy atom. The van der Waals surface area contributed by atoms with Crippen molar-refractivity contribution in [3.8, 4) is 0 Å². The highest BCUT2D eigenvalue weighted by Gasteiger charge is 2.16. The lowest BCUT2D eigenvalue weighted by Crippen LogP contribution is -2.36. The van der Waals surface area contributed by atoms with Gasteiger partial charge in [0.25, 0.3) is 5.56 Å². The van der Waals surface area contributed by atoms with Gasteiger partial charge in [-0.3, -0.25) is 14.2 Å². The molecule has 2 aromatic heterocycles. The first-order chi connectivity index (χ1) is 15.6. The molecule has 32 heavy (non-hydrogen) atoms. The third-order valence-corrected chi connectivity index (χ3v) is 6.80. The monoisotopic (exact) mass is 467 g/mol. The number of ether oxygens (including phenoxy) is 1. The minimum atomic E-state index is -0.195. The number of carbonyl (C=O) groups excluding carboxylic acids is 1. The Bertz CT molecular complexity index is 1420. The average molecular weight is 468 g/mol. The van der Waals surface area contributed by atoms with Gasteiger partial charge in [-0.2, -0.15) is 0 Å². The Balaban J connectivity index is 1.28. The molecule has 1 amide bonds. The summed E-state index contributed by atoms with van der Waals surface area (Å²) in [6.45, 7) is 3.29. The van der Waals surface area contributed by atoms with Gasteiger partial charge in [0.05, 0.1) is 34.3 Å². The Kier molecular flexibility index (Phi) is 5.73. The summed E-state index contributed by atoms with van der Waals surface area (Å²) in [5, 5.41) is 4.43. The number of anilines is 2. The third kappa shape index (κ3) is 4.16. The summed E-state index contributed by atoms with van der Waals surface area (Å²) in [6, 6.07) is 12.9. The maximum Gasteiger partial charge on any atom is 0.262 e. The van der Waals surface area contributed by atoms with Crippen LogP contribution in [0, 0.1) is 4.77 Å². The molecule has 0 radical (unpaired) electrons. The van der Waals surface area contributed by atoms with Crippen LogP contribution in [0.2, 0.25) is 0 Å². The van der Waals surface area contributed by atoms with Gasteiger partial charge in [0.2, 0.25) is 5.91 Å². The van der Waals surface area contributed by atoms with E-state index in [0.717, 1.165) is 28.4 Å². The van der Waals surface area contributed by atoms with E-state index in [1.54, 1.807) is 23.5 Å². The Hall–Kier alpha value is -3.08. The molecule has 1 fully saturated rings. The van der Waals surface area contributed by atoms with E-state index >= 15 is 0 Å². The normalized spacial score (nSPS) is 14.2. The molecule has 1 saturated heterocycles. The van der Waals surface area contributed by atoms with Gasteiger partial charge >= 0.3 is 0 Å². The molecule has 0 spiro atoms. The van der Waals surface area contributed by atoms with Gasteiger partial charge in [0.1, 0.15) is 0 Å². The molecule has 0 saturated carbocycles. The summed E-state index contributed by atoms with van der Waals surface area (Å²) in [6.07, 6.45) is 0.134. The number of morpholine rings is 1. The number of aromatic amines is 1. The SMILES string of the molecule is O=C(CCn1c(=S)[nH]c2ccccc2c1=O)Nc1ccc2nc(N3CCOCC3)sc2c1. The van der Waals surface area contributed by atoms with E-state index in [-0.39, 0.29) is 24.4 Å². The van der Waals surface area contributed by atoms with Gasteiger partial charge in [-0.1, -0.05) is 23.5 Å². The number of para-hydroxylation sites is 1. The largest absolute Gasteiger partial charge is 0.378 e. The number of hydrogen-bond acceptors (Lipinski definition) is 7. The number of nitrogens with one attached hydrogen (secondary N) is 2. The van der Waals surface area contributed by atoms with Gasteiger partial charge in [-0.15, -0.1) is 0 Å². The van der Waals surface area contributed by atoms with Crippen LogP contribution in [-0.2, 0) is 16.1 Å². The molecule has 0 bridgehead atoms. The zero-order valence-corrected chi connectivity index (χ0v) is 18.8. The van der Waals surface area contributed by atoms with Crippen molar-refractivity contribution in [2.75, 3.05) is 36.5 Å². The van der Waals surface area contributed by atoms with E-state index in [9.17, 15) is 9.59 Å². The summed E-state index contributed by atoms with van der Waals surface area (Å²) >= 11 is 6.92. The van der Waals surface area contributed by atoms with Crippen molar-refractivity contribution >= 4 is 61.4 Å². The van der Waals surface area contributed by atoms with Crippen molar-refractivity contribution < 1.29 is 9.53 Å². The van der Waals surface area contributed by atoms with Gasteiger partial charge in [-0.25, -0.2) is 4.98 Å². The van der Waals surface area contributed by atoms with Crippen LogP contribution in [0.1, 0.15) is 6.42 Å². The molecule has 0 unspecified atom stereocenters. The summed E-state index contributed by atoms with van der Waals surface area (Å²) in [5.41, 5.74) is 2.11. The molecule has 1 aliphatic rings. The van der Waals surface area contributed by atoms with Crippen LogP contribution in [0.3, 0.4) is 0 Å². The molecule has 1 aliphatic heterocycles. The fraction of sp³-hybridized carbons (Fsp3) is 0.273. The van der Waals surface area contributed by atoms with Crippen molar-refractivity contribution in [3.63, 3.8) is 0 Å². The first-order valence-corrected chi connectivity index (χ1v) is 11.6. The van der Waals surface area contributed by atoms with E-state index < -0.39 is 0 Å². The maximum atomic E-state index is 12.7. The lowest BCUT2D eigenvalue weighted by atomic mass is 10.2. The van der Waals surface area contributed by atoms with Gasteiger partial charge in [0, 0.05) is 31.7 Å². The molecule has 0 atom stereocenters. The van der Waals surface area contributed by atoms with E-state index in [2.05, 4.69) is 15.2 Å². The number of rotatable bonds is 5. The van der Waals surface area contributed by atoms with E-state index in [1.165, 1.54) is 4.57 Å². The fourth-order valence-electron chi connectivity index (χ4n) is 3.72. The van der Waals surface area contributed by atoms with Crippen LogP contribution in [0.4, 0.5) is 10.8 Å². The molecule has 164 valence electrons. The standard InChI is InChI=1S/C22H21N5O3S2/c28-19(7-8-27-20(29)15-3-1-2-4-16(15)24-21(27)31)23-14-5-6-17-18(13-14)32-22(25-17)26-9-11-30-12-10-26/h1-6,13H,7-12H2,(H,23,28)(H,24,31). The molecule has 5 rings (SSSR count). The number of nitrogens with zero attached hydrogens (tertiary/aromatic N) is 3. The van der Waals surface area contributed by atoms with E-state index in [0.29, 0.717) is 34.6 Å². The second-order valence-electron chi connectivity index (χ2n) is 7.51. The molecular formula is C22H21N5O3S2. The van der Waals surface area contributed by atoms with E-state index in [1.807, 2.05) is 30.3 Å². The van der Waals surface area contributed by atoms with Crippen molar-refractivity contribution in [2.24, 2.45) is 0 Å². The minimum absolute atomic E-state index is 0.134. The predicted molar refractivity (Wildman–Crippen MR) is 129 cm³/mol. The first-order valence-electron chi connectivity index (χ1n) is 10.3. The number of carbonyl (C=O) groups is 1. The fourth-order valence-corrected chi connectivity index (χ4v) is 5.06. The summed E-state index contributed by atoms with van der Waals surface area (Å²) in [7, 11) is 0. The van der Waals surface area contributed by atoms with Gasteiger partial charge in [-0.05, 0) is 42.5 Å². The van der Waals surface area contributed by atoms with Crippen LogP contribution in [0.15, 0.2) is 47.3 Å².